The van der Waals surface area contributed by atoms with Gasteiger partial charge in [-0.05, 0) is 23.3 Å². The number of thioether (sulfide) groups is 1. The van der Waals surface area contributed by atoms with Crippen molar-refractivity contribution in [3.8, 4) is 0 Å². The standard InChI is InChI=1S/C29H38NO3S/c1-2-19-34-22-32-29(23-11-5-3-6-12-23,24-13-7-4-8-14-24)28(31)33-27-20-25-15-16-26(21-27)30(25)17-9-10-18-30/h3-8,11-14,25-27H,2,9-10,15-22H2,1H3/q+1. The smallest absolute Gasteiger partial charge is 0.348 e. The number of benzene rings is 2. The maximum absolute atomic E-state index is 14.2. The second-order valence-electron chi connectivity index (χ2n) is 10.2. The first-order valence-electron chi connectivity index (χ1n) is 13.1. The molecule has 0 aliphatic carbocycles. The van der Waals surface area contributed by atoms with Crippen molar-refractivity contribution < 1.29 is 18.8 Å². The molecule has 5 heteroatoms. The molecule has 3 saturated heterocycles. The molecule has 0 amide bonds. The lowest BCUT2D eigenvalue weighted by atomic mass is 9.85. The predicted molar refractivity (Wildman–Crippen MR) is 138 cm³/mol. The van der Waals surface area contributed by atoms with E-state index in [4.69, 9.17) is 9.47 Å². The summed E-state index contributed by atoms with van der Waals surface area (Å²) in [6.07, 6.45) is 8.31. The number of nitrogens with zero attached hydrogens (tertiary/aromatic N) is 1. The molecule has 3 heterocycles. The number of quaternary nitrogens is 1. The zero-order valence-electron chi connectivity index (χ0n) is 20.4. The Bertz CT molecular complexity index is 889. The van der Waals surface area contributed by atoms with Gasteiger partial charge in [0, 0.05) is 38.5 Å². The first-order valence-corrected chi connectivity index (χ1v) is 14.2. The van der Waals surface area contributed by atoms with Gasteiger partial charge in [0.25, 0.3) is 0 Å². The second-order valence-corrected chi connectivity index (χ2v) is 11.3. The van der Waals surface area contributed by atoms with E-state index in [0.717, 1.165) is 36.1 Å². The summed E-state index contributed by atoms with van der Waals surface area (Å²) in [5, 5.41) is 0. The van der Waals surface area contributed by atoms with Crippen LogP contribution in [0, 0.1) is 0 Å². The quantitative estimate of drug-likeness (QED) is 0.194. The zero-order chi connectivity index (χ0) is 23.4. The van der Waals surface area contributed by atoms with E-state index in [-0.39, 0.29) is 12.1 Å². The number of piperidine rings is 1. The lowest BCUT2D eigenvalue weighted by molar-refractivity contribution is -0.956. The third-order valence-corrected chi connectivity index (χ3v) is 9.37. The SMILES string of the molecule is CCCSCOC(C(=O)OC1CC2CCC(C1)[N+]21CCCC1)(c1ccccc1)c1ccccc1. The Labute approximate surface area is 208 Å². The van der Waals surface area contributed by atoms with E-state index in [1.165, 1.54) is 43.3 Å². The number of rotatable bonds is 9. The highest BCUT2D eigenvalue weighted by atomic mass is 32.2. The fourth-order valence-corrected chi connectivity index (χ4v) is 7.51. The topological polar surface area (TPSA) is 35.5 Å². The van der Waals surface area contributed by atoms with E-state index >= 15 is 0 Å². The number of esters is 1. The second kappa shape index (κ2) is 10.4. The molecule has 0 saturated carbocycles. The van der Waals surface area contributed by atoms with Crippen molar-refractivity contribution in [2.75, 3.05) is 24.8 Å². The Kier molecular flexibility index (Phi) is 7.33. The van der Waals surface area contributed by atoms with E-state index in [9.17, 15) is 4.79 Å². The third-order valence-electron chi connectivity index (χ3n) is 8.39. The van der Waals surface area contributed by atoms with Gasteiger partial charge in [-0.1, -0.05) is 67.6 Å². The minimum atomic E-state index is -1.25. The molecule has 0 radical (unpaired) electrons. The molecule has 2 aromatic carbocycles. The molecule has 3 aliphatic heterocycles. The van der Waals surface area contributed by atoms with Crippen LogP contribution in [0.25, 0.3) is 0 Å². The average molecular weight is 481 g/mol. The van der Waals surface area contributed by atoms with E-state index < -0.39 is 5.60 Å². The number of carbonyl (C=O) groups is 1. The summed E-state index contributed by atoms with van der Waals surface area (Å²) in [4.78, 5) is 14.2. The molecule has 2 aromatic rings. The van der Waals surface area contributed by atoms with Gasteiger partial charge in [0.1, 0.15) is 6.10 Å². The number of ether oxygens (including phenoxy) is 2. The van der Waals surface area contributed by atoms with Crippen molar-refractivity contribution in [2.45, 2.75) is 75.7 Å². The van der Waals surface area contributed by atoms with Crippen LogP contribution in [0.15, 0.2) is 60.7 Å². The lowest BCUT2D eigenvalue weighted by Crippen LogP contribution is -2.60. The fraction of sp³-hybridized carbons (Fsp3) is 0.552. The van der Waals surface area contributed by atoms with Crippen molar-refractivity contribution in [3.05, 3.63) is 71.8 Å². The molecular formula is C29H38NO3S+. The summed E-state index contributed by atoms with van der Waals surface area (Å²) in [6, 6.07) is 21.2. The number of carbonyl (C=O) groups excluding carboxylic acids is 1. The van der Waals surface area contributed by atoms with Crippen LogP contribution in [0.2, 0.25) is 0 Å². The van der Waals surface area contributed by atoms with Gasteiger partial charge in [-0.15, -0.1) is 11.8 Å². The predicted octanol–water partition coefficient (Wildman–Crippen LogP) is 5.89. The van der Waals surface area contributed by atoms with Crippen LogP contribution in [0.3, 0.4) is 0 Å². The Morgan fingerprint density at radius 2 is 1.50 bits per heavy atom. The van der Waals surface area contributed by atoms with E-state index in [1.807, 2.05) is 60.7 Å². The molecule has 2 unspecified atom stereocenters. The molecule has 5 rings (SSSR count). The molecule has 3 aliphatic rings. The van der Waals surface area contributed by atoms with Gasteiger partial charge in [-0.2, -0.15) is 0 Å². The van der Waals surface area contributed by atoms with Crippen molar-refractivity contribution in [2.24, 2.45) is 0 Å². The van der Waals surface area contributed by atoms with Crippen LogP contribution in [-0.2, 0) is 19.9 Å². The van der Waals surface area contributed by atoms with Crippen molar-refractivity contribution >= 4 is 17.7 Å². The van der Waals surface area contributed by atoms with Gasteiger partial charge in [0.05, 0.1) is 31.1 Å². The summed E-state index contributed by atoms with van der Waals surface area (Å²) in [7, 11) is 0. The maximum atomic E-state index is 14.2. The van der Waals surface area contributed by atoms with Gasteiger partial charge in [-0.25, -0.2) is 4.79 Å². The summed E-state index contributed by atoms with van der Waals surface area (Å²) < 4.78 is 14.3. The van der Waals surface area contributed by atoms with Crippen LogP contribution in [-0.4, -0.2) is 53.4 Å². The van der Waals surface area contributed by atoms with E-state index in [0.29, 0.717) is 18.0 Å². The highest BCUT2D eigenvalue weighted by Gasteiger charge is 2.56. The molecule has 0 aromatic heterocycles. The van der Waals surface area contributed by atoms with Gasteiger partial charge >= 0.3 is 5.97 Å². The van der Waals surface area contributed by atoms with Crippen LogP contribution in [0.1, 0.15) is 63.0 Å². The molecule has 2 bridgehead atoms. The van der Waals surface area contributed by atoms with Gasteiger partial charge in [0.2, 0.25) is 5.60 Å². The molecule has 34 heavy (non-hydrogen) atoms. The average Bonchev–Trinajstić information content (AvgIpc) is 3.42. The van der Waals surface area contributed by atoms with Gasteiger partial charge in [0.15, 0.2) is 0 Å². The molecule has 0 N–H and O–H groups in total. The first kappa shape index (κ1) is 23.9. The summed E-state index contributed by atoms with van der Waals surface area (Å²) in [5.41, 5.74) is 0.426. The molecule has 3 fully saturated rings. The van der Waals surface area contributed by atoms with Crippen LogP contribution < -0.4 is 0 Å². The van der Waals surface area contributed by atoms with Crippen LogP contribution in [0.5, 0.6) is 0 Å². The normalized spacial score (nSPS) is 25.5. The van der Waals surface area contributed by atoms with Crippen molar-refractivity contribution in [1.82, 2.24) is 0 Å². The van der Waals surface area contributed by atoms with Gasteiger partial charge in [-0.3, -0.25) is 0 Å². The van der Waals surface area contributed by atoms with Crippen LogP contribution in [0.4, 0.5) is 0 Å². The Morgan fingerprint density at radius 1 is 0.941 bits per heavy atom. The summed E-state index contributed by atoms with van der Waals surface area (Å²) in [6.45, 7) is 4.81. The molecule has 1 spiro atoms. The first-order chi connectivity index (χ1) is 16.7. The van der Waals surface area contributed by atoms with E-state index in [1.54, 1.807) is 11.8 Å². The molecular weight excluding hydrogens is 442 g/mol. The molecule has 182 valence electrons. The highest BCUT2D eigenvalue weighted by molar-refractivity contribution is 7.99. The lowest BCUT2D eigenvalue weighted by Gasteiger charge is -2.47. The zero-order valence-corrected chi connectivity index (χ0v) is 21.2. The molecule has 4 nitrogen and oxygen atoms in total. The van der Waals surface area contributed by atoms with Crippen LogP contribution >= 0.6 is 11.8 Å². The summed E-state index contributed by atoms with van der Waals surface area (Å²) in [5.74, 6) is 1.19. The highest BCUT2D eigenvalue weighted by Crippen LogP contribution is 2.47. The maximum Gasteiger partial charge on any atom is 0.348 e. The Hall–Kier alpha value is -1.82. The minimum absolute atomic E-state index is 0.0203. The van der Waals surface area contributed by atoms with E-state index in [2.05, 4.69) is 6.92 Å². The fourth-order valence-electron chi connectivity index (χ4n) is 6.85. The Balaban J connectivity index is 1.43. The van der Waals surface area contributed by atoms with Gasteiger partial charge < -0.3 is 14.0 Å². The largest absolute Gasteiger partial charge is 0.459 e. The minimum Gasteiger partial charge on any atom is -0.459 e. The monoisotopic (exact) mass is 480 g/mol. The van der Waals surface area contributed by atoms with Crippen molar-refractivity contribution in [3.63, 3.8) is 0 Å². The van der Waals surface area contributed by atoms with Crippen molar-refractivity contribution in [1.29, 1.82) is 0 Å². The number of hydrogen-bond donors (Lipinski definition) is 0. The number of hydrogen-bond acceptors (Lipinski definition) is 4. The molecule has 2 atom stereocenters. The third kappa shape index (κ3) is 4.31. The summed E-state index contributed by atoms with van der Waals surface area (Å²) >= 11 is 1.72. The Morgan fingerprint density at radius 3 is 2.03 bits per heavy atom.